The molecule has 0 bridgehead atoms. The van der Waals surface area contributed by atoms with Gasteiger partial charge in [-0.25, -0.2) is 0 Å². The van der Waals surface area contributed by atoms with E-state index in [2.05, 4.69) is 21.3 Å². The Labute approximate surface area is 609 Å². The maximum absolute atomic E-state index is 15.5. The Balaban J connectivity index is 1.66. The van der Waals surface area contributed by atoms with Crippen molar-refractivity contribution in [3.63, 3.8) is 0 Å². The standard InChI is InChI=1S/C76H132N12O14/c1-17-50(7)65-76(101)86(15)59(40-49(5)6)69(94)80-66(52(9)89)75(100)82(11)45-64(92)84(13)61(42-54-33-25-20-26-34-54)74(99)85(14)58(39-48(3)4)68(93)78-57(47-102-46-55-35-27-21-28-36-55)72(97)87(16)67(51(8)18-2)71(96)77-56(73(98)88-37-29-22-30-38-88)43-62(90)81(10)44-63(91)83(12)60(70(95)79-65)41-53-31-23-19-24-32-53/h48-61,65-67,89H,17-47H2,1-16H3,(H,77,96)(H,78,93)(H,79,95)(H,80,94)/t50-,51-,52+,56-,57?,58-,59-,60-,61-,65-,66-,67-/m0/s1. The van der Waals surface area contributed by atoms with Crippen LogP contribution >= 0.6 is 0 Å². The number of carbonyl (C=O) groups excluding carboxylic acids is 12. The molecule has 5 fully saturated rings. The van der Waals surface area contributed by atoms with Gasteiger partial charge in [0.15, 0.2) is 0 Å². The normalized spacial score (nSPS) is 28.0. The Kier molecular flexibility index (Phi) is 35.4. The lowest BCUT2D eigenvalue weighted by Crippen LogP contribution is -2.62. The van der Waals surface area contributed by atoms with E-state index in [0.29, 0.717) is 45.4 Å². The zero-order valence-corrected chi connectivity index (χ0v) is 65.1. The lowest BCUT2D eigenvalue weighted by molar-refractivity contribution is -0.151. The summed E-state index contributed by atoms with van der Waals surface area (Å²) in [5.74, 6) is -9.09. The van der Waals surface area contributed by atoms with Crippen molar-refractivity contribution in [1.29, 1.82) is 0 Å². The van der Waals surface area contributed by atoms with E-state index in [1.54, 1.807) is 18.7 Å². The lowest BCUT2D eigenvalue weighted by atomic mass is 9.84. The molecule has 26 nitrogen and oxygen atoms in total. The fourth-order valence-corrected chi connectivity index (χ4v) is 15.5. The highest BCUT2D eigenvalue weighted by Crippen LogP contribution is 2.32. The third-order valence-electron chi connectivity index (χ3n) is 22.7. The average Bonchev–Trinajstić information content (AvgIpc) is 0.823. The molecule has 5 rings (SSSR count). The Morgan fingerprint density at radius 2 is 0.882 bits per heavy atom. The number of nitrogens with zero attached hydrogens (tertiary/aromatic N) is 8. The fourth-order valence-electron chi connectivity index (χ4n) is 15.5. The van der Waals surface area contributed by atoms with Gasteiger partial charge in [0, 0.05) is 69.0 Å². The fraction of sp³-hybridized carbons (Fsp3) is 0.842. The van der Waals surface area contributed by atoms with Crippen LogP contribution in [0.4, 0.5) is 0 Å². The van der Waals surface area contributed by atoms with E-state index >= 15 is 28.8 Å². The van der Waals surface area contributed by atoms with Crippen molar-refractivity contribution in [2.45, 2.75) is 283 Å². The van der Waals surface area contributed by atoms with Gasteiger partial charge >= 0.3 is 0 Å². The van der Waals surface area contributed by atoms with Gasteiger partial charge in [-0.15, -0.1) is 0 Å². The van der Waals surface area contributed by atoms with Crippen molar-refractivity contribution in [2.24, 2.45) is 41.4 Å². The van der Waals surface area contributed by atoms with Crippen molar-refractivity contribution < 1.29 is 67.4 Å². The van der Waals surface area contributed by atoms with Gasteiger partial charge in [-0.1, -0.05) is 152 Å². The minimum absolute atomic E-state index is 0.0271. The van der Waals surface area contributed by atoms with Crippen LogP contribution < -0.4 is 21.3 Å². The number of piperidine rings is 1. The quantitative estimate of drug-likeness (QED) is 0.113. The highest BCUT2D eigenvalue weighted by Gasteiger charge is 2.45. The smallest absolute Gasteiger partial charge is 0.248 e. The summed E-state index contributed by atoms with van der Waals surface area (Å²) in [7, 11) is 10.1. The molecule has 0 radical (unpaired) electrons. The summed E-state index contributed by atoms with van der Waals surface area (Å²) in [6.45, 7) is 15.8. The van der Waals surface area contributed by atoms with Crippen molar-refractivity contribution in [3.05, 3.63) is 0 Å². The average molecular weight is 1440 g/mol. The summed E-state index contributed by atoms with van der Waals surface area (Å²) in [5.41, 5.74) is 0. The summed E-state index contributed by atoms with van der Waals surface area (Å²) < 4.78 is 6.37. The SMILES string of the molecule is CC[C@H](C)[C@@H]1NC(=O)[C@H](CC2CCCCC2)N(C)C(=O)CN(C)C(=O)C[C@@H](C(=O)N2CCCCC2)NC(=O)[C@H]([C@@H](C)CC)N(C)C(=O)C(COCC2CCCCC2)NC(=O)[C@H](CC(C)C)N(C)C(=O)[C@H](CC2CCCCC2)N(C)C(=O)CN(C)C(=O)[C@H]([C@@H](C)O)NC(=O)[C@H](CC(C)C)N(C)C1=O. The van der Waals surface area contributed by atoms with Crippen LogP contribution in [0.15, 0.2) is 0 Å². The predicted octanol–water partition coefficient (Wildman–Crippen LogP) is 5.50. The lowest BCUT2D eigenvalue weighted by Gasteiger charge is -2.38. The van der Waals surface area contributed by atoms with Gasteiger partial charge in [0.1, 0.15) is 54.4 Å². The number of amides is 12. The molecule has 0 spiro atoms. The van der Waals surface area contributed by atoms with E-state index in [9.17, 15) is 33.9 Å². The number of likely N-dealkylation sites (tertiary alicyclic amines) is 1. The van der Waals surface area contributed by atoms with Crippen LogP contribution in [0, 0.1) is 41.4 Å². The molecular weight excluding hydrogens is 1300 g/mol. The number of rotatable bonds is 18. The minimum atomic E-state index is -1.62. The van der Waals surface area contributed by atoms with Gasteiger partial charge in [0.25, 0.3) is 0 Å². The first-order valence-corrected chi connectivity index (χ1v) is 38.8. The van der Waals surface area contributed by atoms with Crippen molar-refractivity contribution in [3.8, 4) is 0 Å². The second kappa shape index (κ2) is 41.9. The van der Waals surface area contributed by atoms with Gasteiger partial charge in [0.05, 0.1) is 32.2 Å². The molecule has 5 N–H and O–H groups in total. The Morgan fingerprint density at radius 1 is 0.441 bits per heavy atom. The summed E-state index contributed by atoms with van der Waals surface area (Å²) in [4.78, 5) is 191. The van der Waals surface area contributed by atoms with Crippen LogP contribution in [-0.4, -0.2) is 264 Å². The number of aliphatic hydroxyl groups is 1. The van der Waals surface area contributed by atoms with E-state index in [1.807, 2.05) is 41.5 Å². The molecule has 2 saturated heterocycles. The molecule has 1 unspecified atom stereocenters. The zero-order valence-electron chi connectivity index (χ0n) is 65.1. The van der Waals surface area contributed by atoms with E-state index < -0.39 is 163 Å². The molecular formula is C76H132N12O14. The van der Waals surface area contributed by atoms with Crippen LogP contribution in [0.3, 0.4) is 0 Å². The van der Waals surface area contributed by atoms with E-state index in [-0.39, 0.29) is 61.9 Å². The molecule has 5 aliphatic rings. The zero-order chi connectivity index (χ0) is 75.8. The van der Waals surface area contributed by atoms with Gasteiger partial charge < -0.3 is 70.3 Å². The van der Waals surface area contributed by atoms with E-state index in [4.69, 9.17) is 4.74 Å². The van der Waals surface area contributed by atoms with Crippen LogP contribution in [0.1, 0.15) is 223 Å². The molecule has 3 saturated carbocycles. The minimum Gasteiger partial charge on any atom is -0.391 e. The molecule has 580 valence electrons. The summed E-state index contributed by atoms with van der Waals surface area (Å²) in [6, 6.07) is -11.6. The van der Waals surface area contributed by atoms with Crippen LogP contribution in [0.5, 0.6) is 0 Å². The number of hydrogen-bond donors (Lipinski definition) is 5. The van der Waals surface area contributed by atoms with Gasteiger partial charge in [-0.3, -0.25) is 57.5 Å². The molecule has 2 aliphatic heterocycles. The van der Waals surface area contributed by atoms with E-state index in [1.165, 1.54) is 80.8 Å². The summed E-state index contributed by atoms with van der Waals surface area (Å²) in [5, 5.41) is 22.9. The molecule has 12 amide bonds. The Bertz CT molecular complexity index is 2780. The number of aliphatic hydroxyl groups excluding tert-OH is 1. The predicted molar refractivity (Wildman–Crippen MR) is 390 cm³/mol. The van der Waals surface area contributed by atoms with Crippen LogP contribution in [0.2, 0.25) is 0 Å². The van der Waals surface area contributed by atoms with Gasteiger partial charge in [-0.05, 0) is 106 Å². The molecule has 3 aliphatic carbocycles. The van der Waals surface area contributed by atoms with Crippen molar-refractivity contribution in [2.75, 3.05) is 88.7 Å². The number of hydrogen-bond acceptors (Lipinski definition) is 14. The van der Waals surface area contributed by atoms with Gasteiger partial charge in [-0.2, -0.15) is 0 Å². The first-order chi connectivity index (χ1) is 48.2. The van der Waals surface area contributed by atoms with Crippen molar-refractivity contribution in [1.82, 2.24) is 60.5 Å². The number of nitrogens with one attached hydrogen (secondary N) is 4. The second-order valence-corrected chi connectivity index (χ2v) is 31.8. The van der Waals surface area contributed by atoms with Crippen LogP contribution in [0.25, 0.3) is 0 Å². The van der Waals surface area contributed by atoms with Crippen molar-refractivity contribution >= 4 is 70.9 Å². The highest BCUT2D eigenvalue weighted by molar-refractivity contribution is 6.00. The molecule has 26 heteroatoms. The third kappa shape index (κ3) is 24.9. The molecule has 0 aromatic rings. The molecule has 102 heavy (non-hydrogen) atoms. The largest absolute Gasteiger partial charge is 0.391 e. The topological polar surface area (TPSA) is 308 Å². The number of carbonyl (C=O) groups is 12. The monoisotopic (exact) mass is 1440 g/mol. The Morgan fingerprint density at radius 3 is 1.38 bits per heavy atom. The Hall–Kier alpha value is -6.44. The molecule has 0 aromatic heterocycles. The third-order valence-corrected chi connectivity index (χ3v) is 22.7. The second-order valence-electron chi connectivity index (χ2n) is 31.8. The van der Waals surface area contributed by atoms with Crippen LogP contribution in [-0.2, 0) is 62.3 Å². The van der Waals surface area contributed by atoms with E-state index in [0.717, 1.165) is 113 Å². The molecule has 0 aromatic carbocycles. The summed E-state index contributed by atoms with van der Waals surface area (Å²) in [6.07, 6.45) is 15.6. The first-order valence-electron chi connectivity index (χ1n) is 38.8. The maximum atomic E-state index is 15.5. The highest BCUT2D eigenvalue weighted by atomic mass is 16.5. The number of ether oxygens (including phenoxy) is 1. The molecule has 2 heterocycles. The van der Waals surface area contributed by atoms with Gasteiger partial charge in [0.2, 0.25) is 70.9 Å². The first kappa shape index (κ1) is 86.2. The number of likely N-dealkylation sites (N-methyl/N-ethyl adjacent to an activating group) is 7. The maximum Gasteiger partial charge on any atom is 0.248 e. The molecule has 12 atom stereocenters. The summed E-state index contributed by atoms with van der Waals surface area (Å²) >= 11 is 0.